The van der Waals surface area contributed by atoms with Crippen molar-refractivity contribution < 1.29 is 5.11 Å². The molecule has 1 rings (SSSR count). The van der Waals surface area contributed by atoms with Crippen LogP contribution in [0.25, 0.3) is 0 Å². The number of rotatable bonds is 6. The highest BCUT2D eigenvalue weighted by Crippen LogP contribution is 2.23. The molecular weight excluding hydrogens is 242 g/mol. The van der Waals surface area contributed by atoms with E-state index in [4.69, 9.17) is 11.6 Å². The summed E-state index contributed by atoms with van der Waals surface area (Å²) in [7, 11) is 2.08. The van der Waals surface area contributed by atoms with Gasteiger partial charge in [0.05, 0.1) is 4.34 Å². The second-order valence-electron chi connectivity index (χ2n) is 4.59. The van der Waals surface area contributed by atoms with E-state index in [2.05, 4.69) is 31.9 Å². The second-order valence-corrected chi connectivity index (χ2v) is 6.39. The van der Waals surface area contributed by atoms with Gasteiger partial charge in [0.15, 0.2) is 0 Å². The van der Waals surface area contributed by atoms with Crippen LogP contribution in [0.1, 0.15) is 18.7 Å². The Labute approximate surface area is 107 Å². The summed E-state index contributed by atoms with van der Waals surface area (Å²) in [6.07, 6.45) is 0. The van der Waals surface area contributed by atoms with Crippen LogP contribution < -0.4 is 0 Å². The van der Waals surface area contributed by atoms with Crippen LogP contribution in [-0.4, -0.2) is 30.2 Å². The minimum atomic E-state index is 0.257. The van der Waals surface area contributed by atoms with Crippen LogP contribution in [0.15, 0.2) is 12.1 Å². The Morgan fingerprint density at radius 3 is 2.56 bits per heavy atom. The first-order chi connectivity index (χ1) is 7.52. The molecule has 0 saturated carbocycles. The maximum absolute atomic E-state index is 9.27. The van der Waals surface area contributed by atoms with Crippen molar-refractivity contribution in [3.63, 3.8) is 0 Å². The van der Waals surface area contributed by atoms with Gasteiger partial charge in [-0.3, -0.25) is 0 Å². The molecule has 0 bridgehead atoms. The fourth-order valence-corrected chi connectivity index (χ4v) is 2.81. The van der Waals surface area contributed by atoms with Crippen molar-refractivity contribution in [3.8, 4) is 0 Å². The Hall–Kier alpha value is -0.0900. The molecule has 2 nitrogen and oxygen atoms in total. The molecule has 0 aliphatic rings. The third kappa shape index (κ3) is 4.42. The molecule has 0 aliphatic carbocycles. The average Bonchev–Trinajstić information content (AvgIpc) is 2.60. The molecule has 1 heterocycles. The third-order valence-electron chi connectivity index (χ3n) is 2.78. The van der Waals surface area contributed by atoms with E-state index < -0.39 is 0 Å². The van der Waals surface area contributed by atoms with Crippen molar-refractivity contribution in [1.82, 2.24) is 4.90 Å². The van der Waals surface area contributed by atoms with Gasteiger partial charge in [-0.1, -0.05) is 25.4 Å². The topological polar surface area (TPSA) is 23.5 Å². The summed E-state index contributed by atoms with van der Waals surface area (Å²) in [5, 5.41) is 9.27. The number of nitrogens with zero attached hydrogens (tertiary/aromatic N) is 1. The SMILES string of the molecule is CC(C)C(CO)CN(C)Cc1ccc(Cl)s1. The summed E-state index contributed by atoms with van der Waals surface area (Å²) in [6, 6.07) is 3.99. The second kappa shape index (κ2) is 6.60. The third-order valence-corrected chi connectivity index (χ3v) is 3.99. The number of aliphatic hydroxyl groups excluding tert-OH is 1. The lowest BCUT2D eigenvalue weighted by Gasteiger charge is -2.24. The molecule has 92 valence electrons. The highest BCUT2D eigenvalue weighted by Gasteiger charge is 2.15. The summed E-state index contributed by atoms with van der Waals surface area (Å²) in [6.45, 7) is 6.38. The largest absolute Gasteiger partial charge is 0.396 e. The van der Waals surface area contributed by atoms with E-state index >= 15 is 0 Å². The predicted octanol–water partition coefficient (Wildman–Crippen LogP) is 3.10. The molecule has 0 spiro atoms. The van der Waals surface area contributed by atoms with Crippen molar-refractivity contribution in [1.29, 1.82) is 0 Å². The number of hydrogen-bond donors (Lipinski definition) is 1. The molecule has 0 aromatic carbocycles. The zero-order valence-electron chi connectivity index (χ0n) is 10.1. The lowest BCUT2D eigenvalue weighted by atomic mass is 9.96. The lowest BCUT2D eigenvalue weighted by molar-refractivity contribution is 0.144. The fraction of sp³-hybridized carbons (Fsp3) is 0.667. The maximum Gasteiger partial charge on any atom is 0.0931 e. The molecule has 0 radical (unpaired) electrons. The van der Waals surface area contributed by atoms with E-state index in [-0.39, 0.29) is 6.61 Å². The first-order valence-electron chi connectivity index (χ1n) is 5.56. The van der Waals surface area contributed by atoms with Crippen LogP contribution in [0.5, 0.6) is 0 Å². The van der Waals surface area contributed by atoms with Gasteiger partial charge in [-0.05, 0) is 31.0 Å². The molecular formula is C12H20ClNOS. The van der Waals surface area contributed by atoms with Crippen LogP contribution in [0.4, 0.5) is 0 Å². The Morgan fingerprint density at radius 1 is 1.44 bits per heavy atom. The molecule has 1 aromatic rings. The van der Waals surface area contributed by atoms with Gasteiger partial charge in [-0.2, -0.15) is 0 Å². The monoisotopic (exact) mass is 261 g/mol. The van der Waals surface area contributed by atoms with Gasteiger partial charge in [0, 0.05) is 24.6 Å². The molecule has 1 unspecified atom stereocenters. The highest BCUT2D eigenvalue weighted by molar-refractivity contribution is 7.16. The first-order valence-corrected chi connectivity index (χ1v) is 6.76. The van der Waals surface area contributed by atoms with E-state index in [9.17, 15) is 5.11 Å². The lowest BCUT2D eigenvalue weighted by Crippen LogP contribution is -2.30. The van der Waals surface area contributed by atoms with Gasteiger partial charge >= 0.3 is 0 Å². The molecule has 4 heteroatoms. The minimum Gasteiger partial charge on any atom is -0.396 e. The van der Waals surface area contributed by atoms with Gasteiger partial charge in [-0.25, -0.2) is 0 Å². The van der Waals surface area contributed by atoms with Crippen molar-refractivity contribution in [3.05, 3.63) is 21.3 Å². The molecule has 1 N–H and O–H groups in total. The van der Waals surface area contributed by atoms with Crippen LogP contribution in [0.3, 0.4) is 0 Å². The molecule has 0 aliphatic heterocycles. The first kappa shape index (κ1) is 14.0. The van der Waals surface area contributed by atoms with E-state index in [0.29, 0.717) is 11.8 Å². The van der Waals surface area contributed by atoms with Crippen LogP contribution in [-0.2, 0) is 6.54 Å². The van der Waals surface area contributed by atoms with Crippen molar-refractivity contribution >= 4 is 22.9 Å². The summed E-state index contributed by atoms with van der Waals surface area (Å²) in [4.78, 5) is 3.51. The predicted molar refractivity (Wildman–Crippen MR) is 71.1 cm³/mol. The zero-order valence-corrected chi connectivity index (χ0v) is 11.7. The number of thiophene rings is 1. The Morgan fingerprint density at radius 2 is 2.12 bits per heavy atom. The highest BCUT2D eigenvalue weighted by atomic mass is 35.5. The van der Waals surface area contributed by atoms with Gasteiger partial charge in [0.1, 0.15) is 0 Å². The summed E-state index contributed by atoms with van der Waals surface area (Å²) >= 11 is 7.51. The quantitative estimate of drug-likeness (QED) is 0.851. The average molecular weight is 262 g/mol. The van der Waals surface area contributed by atoms with Crippen LogP contribution in [0, 0.1) is 11.8 Å². The van der Waals surface area contributed by atoms with Gasteiger partial charge in [-0.15, -0.1) is 11.3 Å². The molecule has 1 atom stereocenters. The summed E-state index contributed by atoms with van der Waals surface area (Å²) in [5.74, 6) is 0.861. The fourth-order valence-electron chi connectivity index (χ4n) is 1.65. The number of hydrogen-bond acceptors (Lipinski definition) is 3. The smallest absolute Gasteiger partial charge is 0.0931 e. The Kier molecular flexibility index (Phi) is 5.76. The van der Waals surface area contributed by atoms with Gasteiger partial charge < -0.3 is 10.0 Å². The normalized spacial score (nSPS) is 13.7. The van der Waals surface area contributed by atoms with Crippen LogP contribution >= 0.6 is 22.9 Å². The van der Waals surface area contributed by atoms with E-state index in [0.717, 1.165) is 17.4 Å². The van der Waals surface area contributed by atoms with Gasteiger partial charge in [0.2, 0.25) is 0 Å². The van der Waals surface area contributed by atoms with E-state index in [1.54, 1.807) is 11.3 Å². The standard InChI is InChI=1S/C12H20ClNOS/c1-9(2)10(8-15)6-14(3)7-11-4-5-12(13)16-11/h4-5,9-10,15H,6-8H2,1-3H3. The number of aliphatic hydroxyl groups is 1. The molecule has 0 fully saturated rings. The number of halogens is 1. The van der Waals surface area contributed by atoms with Gasteiger partial charge in [0.25, 0.3) is 0 Å². The van der Waals surface area contributed by atoms with Crippen LogP contribution in [0.2, 0.25) is 4.34 Å². The molecule has 1 aromatic heterocycles. The maximum atomic E-state index is 9.27. The van der Waals surface area contributed by atoms with Crippen molar-refractivity contribution in [2.75, 3.05) is 20.2 Å². The Balaban J connectivity index is 2.43. The zero-order chi connectivity index (χ0) is 12.1. The molecule has 16 heavy (non-hydrogen) atoms. The minimum absolute atomic E-state index is 0.257. The van der Waals surface area contributed by atoms with E-state index in [1.807, 2.05) is 6.07 Å². The summed E-state index contributed by atoms with van der Waals surface area (Å²) < 4.78 is 0.839. The van der Waals surface area contributed by atoms with Crippen molar-refractivity contribution in [2.45, 2.75) is 20.4 Å². The molecule has 0 amide bonds. The van der Waals surface area contributed by atoms with E-state index in [1.165, 1.54) is 4.88 Å². The van der Waals surface area contributed by atoms with Crippen molar-refractivity contribution in [2.24, 2.45) is 11.8 Å². The Bertz CT molecular complexity index is 314. The summed E-state index contributed by atoms with van der Waals surface area (Å²) in [5.41, 5.74) is 0. The molecule has 0 saturated heterocycles.